The number of nitrogens with one attached hydrogen (secondary N) is 1. The van der Waals surface area contributed by atoms with Crippen molar-refractivity contribution in [3.05, 3.63) is 0 Å². The summed E-state index contributed by atoms with van der Waals surface area (Å²) in [5, 5.41) is 0. The van der Waals surface area contributed by atoms with E-state index in [4.69, 9.17) is 4.74 Å². The van der Waals surface area contributed by atoms with Gasteiger partial charge in [-0.05, 0) is 19.5 Å². The van der Waals surface area contributed by atoms with Crippen LogP contribution in [0.25, 0.3) is 0 Å². The van der Waals surface area contributed by atoms with E-state index in [-0.39, 0.29) is 5.54 Å². The Morgan fingerprint density at radius 1 is 1.07 bits per heavy atom. The molecule has 0 fully saturated rings. The van der Waals surface area contributed by atoms with Crippen LogP contribution >= 0.6 is 0 Å². The normalized spacial score (nSPS) is 14.4. The molecule has 2 nitrogen and oxygen atoms in total. The van der Waals surface area contributed by atoms with Gasteiger partial charge < -0.3 is 9.72 Å². The molecule has 0 aliphatic rings. The van der Waals surface area contributed by atoms with Crippen LogP contribution in [-0.2, 0) is 4.74 Å². The Labute approximate surface area is 97.9 Å². The number of hydrogen-bond donors (Lipinski definition) is 1. The van der Waals surface area contributed by atoms with E-state index >= 15 is 0 Å². The van der Waals surface area contributed by atoms with Crippen LogP contribution in [0.15, 0.2) is 0 Å². The molecular weight excluding hydrogens is 218 g/mol. The molecule has 0 aliphatic heterocycles. The second-order valence-electron chi connectivity index (χ2n) is 7.06. The molecule has 1 N–H and O–H groups in total. The van der Waals surface area contributed by atoms with Crippen molar-refractivity contribution in [2.24, 2.45) is 0 Å². The molecule has 0 spiro atoms. The maximum Gasteiger partial charge on any atom is 0.117 e. The Balaban J connectivity index is 4.36. The summed E-state index contributed by atoms with van der Waals surface area (Å²) in [6.45, 7) is 17.5. The van der Waals surface area contributed by atoms with Gasteiger partial charge in [0.15, 0.2) is 0 Å². The van der Waals surface area contributed by atoms with E-state index < -0.39 is 16.3 Å². The highest BCUT2D eigenvalue weighted by molar-refractivity contribution is 6.93. The minimum atomic E-state index is -1.28. The zero-order valence-electron chi connectivity index (χ0n) is 11.8. The molecule has 92 valence electrons. The molecule has 0 heterocycles. The third-order valence-corrected chi connectivity index (χ3v) is 11.3. The van der Waals surface area contributed by atoms with Crippen LogP contribution in [0, 0.1) is 0 Å². The van der Waals surface area contributed by atoms with Crippen LogP contribution in [0.5, 0.6) is 0 Å². The SMILES string of the molecule is COCC(C)(C)N[Si](C)(C)C[Si](C)(C)C. The molecule has 0 atom stereocenters. The van der Waals surface area contributed by atoms with Crippen LogP contribution in [0.2, 0.25) is 38.4 Å². The Morgan fingerprint density at radius 3 is 1.87 bits per heavy atom. The van der Waals surface area contributed by atoms with Gasteiger partial charge in [-0.2, -0.15) is 0 Å². The van der Waals surface area contributed by atoms with Gasteiger partial charge in [0, 0.05) is 20.7 Å². The van der Waals surface area contributed by atoms with Gasteiger partial charge in [0.2, 0.25) is 0 Å². The summed E-state index contributed by atoms with van der Waals surface area (Å²) in [6, 6.07) is 0. The number of methoxy groups -OCH3 is 1. The fourth-order valence-electron chi connectivity index (χ4n) is 2.68. The number of ether oxygens (including phenoxy) is 1. The highest BCUT2D eigenvalue weighted by Crippen LogP contribution is 2.20. The summed E-state index contributed by atoms with van der Waals surface area (Å²) < 4.78 is 5.25. The second-order valence-corrected chi connectivity index (χ2v) is 17.6. The van der Waals surface area contributed by atoms with Crippen LogP contribution in [0.3, 0.4) is 0 Å². The lowest BCUT2D eigenvalue weighted by molar-refractivity contribution is 0.140. The van der Waals surface area contributed by atoms with E-state index in [0.717, 1.165) is 6.61 Å². The lowest BCUT2D eigenvalue weighted by Gasteiger charge is -2.38. The van der Waals surface area contributed by atoms with E-state index in [0.29, 0.717) is 0 Å². The average Bonchev–Trinajstić information content (AvgIpc) is 1.74. The molecule has 0 radical (unpaired) electrons. The summed E-state index contributed by atoms with van der Waals surface area (Å²) in [4.78, 5) is 3.84. The number of rotatable bonds is 6. The van der Waals surface area contributed by atoms with Crippen LogP contribution in [0.4, 0.5) is 0 Å². The second kappa shape index (κ2) is 5.12. The fourth-order valence-corrected chi connectivity index (χ4v) is 15.5. The van der Waals surface area contributed by atoms with Crippen molar-refractivity contribution in [1.82, 2.24) is 4.98 Å². The zero-order chi connectivity index (χ0) is 12.3. The lowest BCUT2D eigenvalue weighted by Crippen LogP contribution is -2.59. The highest BCUT2D eigenvalue weighted by Gasteiger charge is 2.33. The Bertz CT molecular complexity index is 197. The first kappa shape index (κ1) is 15.4. The highest BCUT2D eigenvalue weighted by atomic mass is 28.4. The fraction of sp³-hybridized carbons (Fsp3) is 1.00. The molecule has 4 heteroatoms. The smallest absolute Gasteiger partial charge is 0.117 e. The predicted molar refractivity (Wildman–Crippen MR) is 74.7 cm³/mol. The van der Waals surface area contributed by atoms with Gasteiger partial charge >= 0.3 is 0 Å². The van der Waals surface area contributed by atoms with E-state index in [1.54, 1.807) is 7.11 Å². The van der Waals surface area contributed by atoms with Gasteiger partial charge in [-0.25, -0.2) is 0 Å². The molecule has 0 bridgehead atoms. The average molecular weight is 248 g/mol. The van der Waals surface area contributed by atoms with Crippen LogP contribution in [0.1, 0.15) is 13.8 Å². The summed E-state index contributed by atoms with van der Waals surface area (Å²) in [5.74, 6) is 0. The first-order valence-corrected chi connectivity index (χ1v) is 12.7. The molecule has 15 heavy (non-hydrogen) atoms. The van der Waals surface area contributed by atoms with Crippen LogP contribution in [-0.4, -0.2) is 35.6 Å². The van der Waals surface area contributed by atoms with Gasteiger partial charge in [0.25, 0.3) is 0 Å². The van der Waals surface area contributed by atoms with Crippen molar-refractivity contribution < 1.29 is 4.74 Å². The molecule has 0 aromatic rings. The largest absolute Gasteiger partial charge is 0.383 e. The van der Waals surface area contributed by atoms with Crippen molar-refractivity contribution in [1.29, 1.82) is 0 Å². The number of hydrogen-bond acceptors (Lipinski definition) is 2. The first-order chi connectivity index (χ1) is 6.47. The van der Waals surface area contributed by atoms with E-state index in [2.05, 4.69) is 51.6 Å². The summed E-state index contributed by atoms with van der Waals surface area (Å²) in [7, 11) is -0.462. The Morgan fingerprint density at radius 2 is 1.53 bits per heavy atom. The molecule has 0 aromatic carbocycles. The zero-order valence-corrected chi connectivity index (χ0v) is 13.8. The van der Waals surface area contributed by atoms with E-state index in [1.807, 2.05) is 0 Å². The minimum Gasteiger partial charge on any atom is -0.383 e. The van der Waals surface area contributed by atoms with Gasteiger partial charge in [-0.1, -0.05) is 32.7 Å². The van der Waals surface area contributed by atoms with Gasteiger partial charge in [0.1, 0.15) is 8.24 Å². The quantitative estimate of drug-likeness (QED) is 0.728. The summed E-state index contributed by atoms with van der Waals surface area (Å²) in [5.41, 5.74) is 1.54. The molecule has 0 saturated heterocycles. The molecular formula is C11H29NOSi2. The van der Waals surface area contributed by atoms with Crippen molar-refractivity contribution in [3.8, 4) is 0 Å². The first-order valence-electron chi connectivity index (χ1n) is 5.76. The molecule has 0 saturated carbocycles. The minimum absolute atomic E-state index is 0.115. The van der Waals surface area contributed by atoms with Gasteiger partial charge in [0.05, 0.1) is 6.61 Å². The molecule has 0 aromatic heterocycles. The third-order valence-electron chi connectivity index (χ3n) is 2.15. The summed E-state index contributed by atoms with van der Waals surface area (Å²) in [6.07, 6.45) is 0. The Kier molecular flexibility index (Phi) is 5.24. The van der Waals surface area contributed by atoms with Gasteiger partial charge in [-0.3, -0.25) is 0 Å². The van der Waals surface area contributed by atoms with E-state index in [1.165, 1.54) is 5.67 Å². The maximum absolute atomic E-state index is 5.25. The third kappa shape index (κ3) is 8.19. The van der Waals surface area contributed by atoms with Crippen molar-refractivity contribution in [3.63, 3.8) is 0 Å². The molecule has 0 rings (SSSR count). The van der Waals surface area contributed by atoms with E-state index in [9.17, 15) is 0 Å². The standard InChI is InChI=1S/C11H29NOSi2/c1-11(2,9-13-3)12-15(7,8)10-14(4,5)6/h12H,9-10H2,1-8H3. The predicted octanol–water partition coefficient (Wildman–Crippen LogP) is 3.08. The molecule has 0 amide bonds. The summed E-state index contributed by atoms with van der Waals surface area (Å²) >= 11 is 0. The van der Waals surface area contributed by atoms with Crippen molar-refractivity contribution in [2.45, 2.75) is 57.8 Å². The Hall–Kier alpha value is 0.354. The van der Waals surface area contributed by atoms with Crippen molar-refractivity contribution >= 4 is 16.3 Å². The molecule has 0 unspecified atom stereocenters. The maximum atomic E-state index is 5.25. The van der Waals surface area contributed by atoms with Crippen molar-refractivity contribution in [2.75, 3.05) is 13.7 Å². The monoisotopic (exact) mass is 247 g/mol. The lowest BCUT2D eigenvalue weighted by atomic mass is 10.1. The molecule has 0 aliphatic carbocycles. The van der Waals surface area contributed by atoms with Gasteiger partial charge in [-0.15, -0.1) is 0 Å². The topological polar surface area (TPSA) is 21.3 Å². The van der Waals surface area contributed by atoms with Crippen LogP contribution < -0.4 is 4.98 Å².